The summed E-state index contributed by atoms with van der Waals surface area (Å²) in [5.74, 6) is 0.915. The van der Waals surface area contributed by atoms with Gasteiger partial charge in [-0.1, -0.05) is 42.5 Å². The summed E-state index contributed by atoms with van der Waals surface area (Å²) in [6.45, 7) is 0.112. The van der Waals surface area contributed by atoms with E-state index >= 15 is 0 Å². The molecule has 3 aromatic carbocycles. The van der Waals surface area contributed by atoms with Crippen LogP contribution in [0.1, 0.15) is 5.56 Å². The van der Waals surface area contributed by atoms with E-state index in [4.69, 9.17) is 9.47 Å². The lowest BCUT2D eigenvalue weighted by atomic mass is 10.1. The van der Waals surface area contributed by atoms with Crippen LogP contribution in [0.3, 0.4) is 0 Å². The molecule has 0 aliphatic rings. The summed E-state index contributed by atoms with van der Waals surface area (Å²) in [7, 11) is 3.13. The van der Waals surface area contributed by atoms with Crippen molar-refractivity contribution >= 4 is 28.6 Å². The van der Waals surface area contributed by atoms with E-state index in [2.05, 4.69) is 15.8 Å². The average Bonchev–Trinajstić information content (AvgIpc) is 2.71. The van der Waals surface area contributed by atoms with Gasteiger partial charge in [0.25, 0.3) is 5.91 Å². The number of hydrogen-bond donors (Lipinski definition) is 2. The molecule has 0 bridgehead atoms. The fourth-order valence-electron chi connectivity index (χ4n) is 2.78. The van der Waals surface area contributed by atoms with Crippen LogP contribution < -0.4 is 20.2 Å². The van der Waals surface area contributed by atoms with E-state index < -0.39 is 0 Å². The van der Waals surface area contributed by atoms with Crippen LogP contribution in [0.5, 0.6) is 11.5 Å². The highest BCUT2D eigenvalue weighted by Gasteiger charge is 2.07. The Kier molecular flexibility index (Phi) is 5.89. The normalized spacial score (nSPS) is 10.7. The molecule has 0 aliphatic carbocycles. The van der Waals surface area contributed by atoms with Crippen molar-refractivity contribution < 1.29 is 14.3 Å². The average molecular weight is 363 g/mol. The third-order valence-electron chi connectivity index (χ3n) is 4.06. The van der Waals surface area contributed by atoms with Gasteiger partial charge >= 0.3 is 0 Å². The molecule has 0 heterocycles. The Morgan fingerprint density at radius 1 is 1.00 bits per heavy atom. The predicted octanol–water partition coefficient (Wildman–Crippen LogP) is 3.42. The SMILES string of the molecule is COc1cccc(/C=N\NC(=O)CNc2cccc3ccccc23)c1OC. The summed E-state index contributed by atoms with van der Waals surface area (Å²) in [5, 5.41) is 9.33. The first kappa shape index (κ1) is 18.3. The quantitative estimate of drug-likeness (QED) is 0.498. The van der Waals surface area contributed by atoms with E-state index in [0.29, 0.717) is 17.1 Å². The van der Waals surface area contributed by atoms with Gasteiger partial charge in [-0.3, -0.25) is 4.79 Å². The predicted molar refractivity (Wildman–Crippen MR) is 108 cm³/mol. The van der Waals surface area contributed by atoms with Crippen LogP contribution in [0.4, 0.5) is 5.69 Å². The number of hydrogen-bond acceptors (Lipinski definition) is 5. The Morgan fingerprint density at radius 3 is 2.59 bits per heavy atom. The molecule has 6 heteroatoms. The summed E-state index contributed by atoms with van der Waals surface area (Å²) in [6, 6.07) is 19.4. The van der Waals surface area contributed by atoms with Crippen molar-refractivity contribution in [2.24, 2.45) is 5.10 Å². The van der Waals surface area contributed by atoms with E-state index in [1.807, 2.05) is 54.6 Å². The highest BCUT2D eigenvalue weighted by Crippen LogP contribution is 2.29. The lowest BCUT2D eigenvalue weighted by Gasteiger charge is -2.10. The fourth-order valence-corrected chi connectivity index (χ4v) is 2.78. The number of nitrogens with zero attached hydrogens (tertiary/aromatic N) is 1. The molecule has 0 unspecified atom stereocenters. The van der Waals surface area contributed by atoms with E-state index in [1.165, 1.54) is 6.21 Å². The second-order valence-electron chi connectivity index (χ2n) is 5.76. The van der Waals surface area contributed by atoms with Crippen molar-refractivity contribution in [3.8, 4) is 11.5 Å². The molecule has 27 heavy (non-hydrogen) atoms. The molecule has 3 aromatic rings. The topological polar surface area (TPSA) is 72.0 Å². The van der Waals surface area contributed by atoms with Crippen molar-refractivity contribution in [2.45, 2.75) is 0 Å². The zero-order chi connectivity index (χ0) is 19.1. The van der Waals surface area contributed by atoms with Gasteiger partial charge in [0.05, 0.1) is 27.0 Å². The third-order valence-corrected chi connectivity index (χ3v) is 4.06. The summed E-state index contributed by atoms with van der Waals surface area (Å²) in [4.78, 5) is 12.1. The van der Waals surface area contributed by atoms with Gasteiger partial charge in [0, 0.05) is 16.6 Å². The molecule has 0 atom stereocenters. The van der Waals surface area contributed by atoms with E-state index in [0.717, 1.165) is 16.5 Å². The molecule has 0 saturated carbocycles. The van der Waals surface area contributed by atoms with Gasteiger partial charge < -0.3 is 14.8 Å². The van der Waals surface area contributed by atoms with Crippen molar-refractivity contribution in [3.63, 3.8) is 0 Å². The Morgan fingerprint density at radius 2 is 1.78 bits per heavy atom. The van der Waals surface area contributed by atoms with Crippen LogP contribution in [0.2, 0.25) is 0 Å². The van der Waals surface area contributed by atoms with Crippen LogP contribution in [0.25, 0.3) is 10.8 Å². The number of carbonyl (C=O) groups excluding carboxylic acids is 1. The zero-order valence-electron chi connectivity index (χ0n) is 15.2. The summed E-state index contributed by atoms with van der Waals surface area (Å²) >= 11 is 0. The maximum atomic E-state index is 12.1. The molecule has 138 valence electrons. The van der Waals surface area contributed by atoms with Crippen LogP contribution in [-0.2, 0) is 4.79 Å². The van der Waals surface area contributed by atoms with Crippen molar-refractivity contribution in [2.75, 3.05) is 26.1 Å². The number of para-hydroxylation sites is 1. The minimum atomic E-state index is -0.249. The number of fused-ring (bicyclic) bond motifs is 1. The summed E-state index contributed by atoms with van der Waals surface area (Å²) in [6.07, 6.45) is 1.52. The first-order valence-electron chi connectivity index (χ1n) is 8.47. The van der Waals surface area contributed by atoms with Gasteiger partial charge in [0.1, 0.15) is 0 Å². The van der Waals surface area contributed by atoms with E-state index in [1.54, 1.807) is 20.3 Å². The molecule has 0 radical (unpaired) electrons. The van der Waals surface area contributed by atoms with Gasteiger partial charge in [-0.2, -0.15) is 5.10 Å². The Bertz CT molecular complexity index is 965. The fraction of sp³-hybridized carbons (Fsp3) is 0.143. The van der Waals surface area contributed by atoms with Crippen LogP contribution in [-0.4, -0.2) is 32.9 Å². The largest absolute Gasteiger partial charge is 0.493 e. The number of methoxy groups -OCH3 is 2. The number of benzene rings is 3. The molecule has 1 amide bonds. The molecule has 0 spiro atoms. The molecule has 6 nitrogen and oxygen atoms in total. The van der Waals surface area contributed by atoms with Gasteiger partial charge in [-0.25, -0.2) is 5.43 Å². The van der Waals surface area contributed by atoms with Crippen molar-refractivity contribution in [3.05, 3.63) is 66.2 Å². The molecule has 0 aliphatic heterocycles. The number of hydrazone groups is 1. The molecular formula is C21H21N3O3. The van der Waals surface area contributed by atoms with Crippen LogP contribution in [0.15, 0.2) is 65.8 Å². The lowest BCUT2D eigenvalue weighted by molar-refractivity contribution is -0.119. The Hall–Kier alpha value is -3.54. The lowest BCUT2D eigenvalue weighted by Crippen LogP contribution is -2.25. The highest BCUT2D eigenvalue weighted by molar-refractivity contribution is 5.95. The number of rotatable bonds is 7. The second kappa shape index (κ2) is 8.71. The highest BCUT2D eigenvalue weighted by atomic mass is 16.5. The molecule has 0 aromatic heterocycles. The maximum Gasteiger partial charge on any atom is 0.259 e. The number of nitrogens with one attached hydrogen (secondary N) is 2. The molecule has 0 saturated heterocycles. The minimum Gasteiger partial charge on any atom is -0.493 e. The summed E-state index contributed by atoms with van der Waals surface area (Å²) < 4.78 is 10.6. The van der Waals surface area contributed by atoms with Gasteiger partial charge in [0.2, 0.25) is 0 Å². The van der Waals surface area contributed by atoms with E-state index in [9.17, 15) is 4.79 Å². The van der Waals surface area contributed by atoms with Gasteiger partial charge in [-0.15, -0.1) is 0 Å². The first-order chi connectivity index (χ1) is 13.2. The Labute approximate surface area is 157 Å². The Balaban J connectivity index is 1.61. The van der Waals surface area contributed by atoms with Gasteiger partial charge in [0.15, 0.2) is 11.5 Å². The van der Waals surface area contributed by atoms with Crippen molar-refractivity contribution in [1.29, 1.82) is 0 Å². The number of anilines is 1. The summed E-state index contributed by atoms with van der Waals surface area (Å²) in [5.41, 5.74) is 4.12. The van der Waals surface area contributed by atoms with Crippen molar-refractivity contribution in [1.82, 2.24) is 5.43 Å². The number of carbonyl (C=O) groups is 1. The molecule has 0 fully saturated rings. The third kappa shape index (κ3) is 4.36. The minimum absolute atomic E-state index is 0.112. The molecule has 2 N–H and O–H groups in total. The smallest absolute Gasteiger partial charge is 0.259 e. The zero-order valence-corrected chi connectivity index (χ0v) is 15.2. The second-order valence-corrected chi connectivity index (χ2v) is 5.76. The van der Waals surface area contributed by atoms with Gasteiger partial charge in [-0.05, 0) is 23.6 Å². The first-order valence-corrected chi connectivity index (χ1v) is 8.47. The monoisotopic (exact) mass is 363 g/mol. The number of amides is 1. The van der Waals surface area contributed by atoms with Crippen LogP contribution >= 0.6 is 0 Å². The number of ether oxygens (including phenoxy) is 2. The van der Waals surface area contributed by atoms with Crippen LogP contribution in [0, 0.1) is 0 Å². The van der Waals surface area contributed by atoms with E-state index in [-0.39, 0.29) is 12.5 Å². The molecule has 3 rings (SSSR count). The standard InChI is InChI=1S/C21H21N3O3/c1-26-19-12-6-9-16(21(19)27-2)13-23-24-20(25)14-22-18-11-5-8-15-7-3-4-10-17(15)18/h3-13,22H,14H2,1-2H3,(H,24,25)/b23-13-. The maximum absolute atomic E-state index is 12.1. The molecular weight excluding hydrogens is 342 g/mol.